The molecule has 2 aromatic rings. The molecule has 1 aromatic heterocycles. The van der Waals surface area contributed by atoms with Gasteiger partial charge in [0.1, 0.15) is 11.2 Å². The minimum atomic E-state index is -1.34. The van der Waals surface area contributed by atoms with E-state index in [0.29, 0.717) is 23.7 Å². The van der Waals surface area contributed by atoms with Gasteiger partial charge in [-0.1, -0.05) is 29.8 Å². The fourth-order valence-corrected chi connectivity index (χ4v) is 5.17. The second kappa shape index (κ2) is 12.1. The van der Waals surface area contributed by atoms with Gasteiger partial charge in [-0.3, -0.25) is 4.90 Å². The lowest BCUT2D eigenvalue weighted by Gasteiger charge is -2.38. The summed E-state index contributed by atoms with van der Waals surface area (Å²) in [4.78, 5) is 28.8. The molecule has 2 N–H and O–H groups in total. The number of aliphatic hydroxyl groups excluding tert-OH is 1. The first kappa shape index (κ1) is 29.4. The van der Waals surface area contributed by atoms with Crippen LogP contribution in [0.1, 0.15) is 63.6 Å². The molecule has 0 aliphatic carbocycles. The van der Waals surface area contributed by atoms with Gasteiger partial charge in [0.15, 0.2) is 12.3 Å². The predicted molar refractivity (Wildman–Crippen MR) is 144 cm³/mol. The van der Waals surface area contributed by atoms with Crippen LogP contribution in [0.15, 0.2) is 35.7 Å². The summed E-state index contributed by atoms with van der Waals surface area (Å²) in [5.74, 6) is -0.694. The topological polar surface area (TPSA) is 97.3 Å². The minimum Gasteiger partial charge on any atom is -0.458 e. The Bertz CT molecular complexity index is 1080. The Hall–Kier alpha value is -2.17. The van der Waals surface area contributed by atoms with Crippen molar-refractivity contribution < 1.29 is 28.9 Å². The largest absolute Gasteiger partial charge is 0.458 e. The van der Waals surface area contributed by atoms with E-state index >= 15 is 0 Å². The van der Waals surface area contributed by atoms with E-state index in [2.05, 4.69) is 21.7 Å². The summed E-state index contributed by atoms with van der Waals surface area (Å²) >= 11 is 8.27. The van der Waals surface area contributed by atoms with Crippen LogP contribution in [0.5, 0.6) is 0 Å². The van der Waals surface area contributed by atoms with E-state index in [1.165, 1.54) is 10.4 Å². The first-order chi connectivity index (χ1) is 17.2. The lowest BCUT2D eigenvalue weighted by atomic mass is 10.0. The molecule has 2 heterocycles. The highest BCUT2D eigenvalue weighted by atomic mass is 35.5. The summed E-state index contributed by atoms with van der Waals surface area (Å²) in [6, 6.07) is 7.60. The molecule has 0 radical (unpaired) electrons. The highest BCUT2D eigenvalue weighted by Crippen LogP contribution is 2.35. The number of hydrogen-bond acceptors (Lipinski definition) is 8. The van der Waals surface area contributed by atoms with Crippen molar-refractivity contribution in [2.75, 3.05) is 13.2 Å². The number of nitrogens with one attached hydrogen (secondary N) is 1. The van der Waals surface area contributed by atoms with Gasteiger partial charge < -0.3 is 24.6 Å². The molecule has 3 rings (SSSR count). The van der Waals surface area contributed by atoms with E-state index in [1.807, 2.05) is 18.2 Å². The number of nitrogens with zero attached hydrogens (tertiary/aromatic N) is 1. The molecule has 2 unspecified atom stereocenters. The van der Waals surface area contributed by atoms with Crippen molar-refractivity contribution in [3.8, 4) is 0 Å². The Morgan fingerprint density at radius 3 is 2.43 bits per heavy atom. The van der Waals surface area contributed by atoms with Crippen molar-refractivity contribution in [1.82, 2.24) is 10.2 Å². The third-order valence-corrected chi connectivity index (χ3v) is 6.91. The number of hydrogen-bond donors (Lipinski definition) is 2. The zero-order valence-electron chi connectivity index (χ0n) is 22.2. The SMILES string of the molecule is CC(C)(C)OC(=O)N[C@@H](COC(O)C(c1ccccc1Cl)N1CCc2sccc2C1)C(=O)OC(C)(C)C. The molecule has 1 amide bonds. The van der Waals surface area contributed by atoms with Gasteiger partial charge in [0.25, 0.3) is 0 Å². The van der Waals surface area contributed by atoms with Crippen LogP contribution in [0.25, 0.3) is 0 Å². The fraction of sp³-hybridized carbons (Fsp3) is 0.556. The van der Waals surface area contributed by atoms with Gasteiger partial charge in [-0.25, -0.2) is 9.59 Å². The Morgan fingerprint density at radius 2 is 1.78 bits per heavy atom. The minimum absolute atomic E-state index is 0.326. The van der Waals surface area contributed by atoms with Crippen LogP contribution in [0, 0.1) is 0 Å². The van der Waals surface area contributed by atoms with E-state index in [0.717, 1.165) is 6.42 Å². The number of halogens is 1. The molecule has 0 saturated heterocycles. The van der Waals surface area contributed by atoms with E-state index in [-0.39, 0.29) is 6.61 Å². The molecule has 1 aliphatic heterocycles. The van der Waals surface area contributed by atoms with Gasteiger partial charge in [0.05, 0.1) is 12.6 Å². The van der Waals surface area contributed by atoms with Gasteiger partial charge in [-0.15, -0.1) is 11.3 Å². The normalized spacial score (nSPS) is 16.9. The molecular weight excluding hydrogens is 516 g/mol. The summed E-state index contributed by atoms with van der Waals surface area (Å²) in [5.41, 5.74) is 0.380. The maximum absolute atomic E-state index is 12.9. The van der Waals surface area contributed by atoms with Crippen LogP contribution in [-0.2, 0) is 32.0 Å². The number of amides is 1. The summed E-state index contributed by atoms with van der Waals surface area (Å²) in [6.45, 7) is 11.4. The lowest BCUT2D eigenvalue weighted by Crippen LogP contribution is -2.49. The van der Waals surface area contributed by atoms with Crippen LogP contribution in [0.4, 0.5) is 4.79 Å². The third-order valence-electron chi connectivity index (χ3n) is 5.54. The average molecular weight is 553 g/mol. The highest BCUT2D eigenvalue weighted by Gasteiger charge is 2.35. The summed E-state index contributed by atoms with van der Waals surface area (Å²) in [7, 11) is 0. The number of alkyl carbamates (subject to hydrolysis) is 1. The second-order valence-corrected chi connectivity index (χ2v) is 12.4. The van der Waals surface area contributed by atoms with Crippen LogP contribution in [0.3, 0.4) is 0 Å². The number of carbonyl (C=O) groups excluding carboxylic acids is 2. The number of carbonyl (C=O) groups is 2. The van der Waals surface area contributed by atoms with Gasteiger partial charge >= 0.3 is 12.1 Å². The summed E-state index contributed by atoms with van der Waals surface area (Å²) < 4.78 is 16.6. The van der Waals surface area contributed by atoms with Crippen LogP contribution < -0.4 is 5.32 Å². The number of esters is 1. The van der Waals surface area contributed by atoms with E-state index < -0.39 is 41.6 Å². The standard InChI is InChI=1S/C27H37ClN2O6S/c1-26(2,3)35-23(31)20(29-25(33)36-27(4,5)6)16-34-24(32)22(18-9-7-8-10-19(18)28)30-13-11-21-17(15-30)12-14-37-21/h7-10,12,14,20,22,24,32H,11,13,15-16H2,1-6H3,(H,29,33)/t20-,22?,24?/m0/s1. The third kappa shape index (κ3) is 8.68. The van der Waals surface area contributed by atoms with Crippen LogP contribution >= 0.6 is 22.9 Å². The molecule has 0 bridgehead atoms. The molecule has 8 nitrogen and oxygen atoms in total. The zero-order chi connectivity index (χ0) is 27.4. The number of benzene rings is 1. The second-order valence-electron chi connectivity index (χ2n) is 11.0. The average Bonchev–Trinajstić information content (AvgIpc) is 3.23. The number of ether oxygens (including phenoxy) is 3. The molecule has 10 heteroatoms. The van der Waals surface area contributed by atoms with Crippen molar-refractivity contribution in [3.63, 3.8) is 0 Å². The highest BCUT2D eigenvalue weighted by molar-refractivity contribution is 7.10. The van der Waals surface area contributed by atoms with Gasteiger partial charge in [0, 0.05) is 23.0 Å². The Balaban J connectivity index is 1.80. The molecule has 1 aromatic carbocycles. The molecule has 3 atom stereocenters. The molecule has 204 valence electrons. The number of rotatable bonds is 8. The maximum Gasteiger partial charge on any atom is 0.408 e. The van der Waals surface area contributed by atoms with Crippen molar-refractivity contribution in [1.29, 1.82) is 0 Å². The van der Waals surface area contributed by atoms with Crippen LogP contribution in [0.2, 0.25) is 5.02 Å². The number of aliphatic hydroxyl groups is 1. The fourth-order valence-electron chi connectivity index (χ4n) is 4.03. The Kier molecular flexibility index (Phi) is 9.63. The first-order valence-corrected chi connectivity index (χ1v) is 13.5. The Labute approximate surface area is 227 Å². The van der Waals surface area contributed by atoms with Crippen molar-refractivity contribution in [2.45, 2.75) is 84.1 Å². The van der Waals surface area contributed by atoms with Gasteiger partial charge in [-0.2, -0.15) is 0 Å². The number of fused-ring (bicyclic) bond motifs is 1. The molecule has 0 spiro atoms. The lowest BCUT2D eigenvalue weighted by molar-refractivity contribution is -0.171. The van der Waals surface area contributed by atoms with E-state index in [1.54, 1.807) is 58.9 Å². The first-order valence-electron chi connectivity index (χ1n) is 12.3. The van der Waals surface area contributed by atoms with E-state index in [9.17, 15) is 14.7 Å². The number of thiophene rings is 1. The van der Waals surface area contributed by atoms with Crippen molar-refractivity contribution in [2.24, 2.45) is 0 Å². The molecule has 37 heavy (non-hydrogen) atoms. The molecule has 1 aliphatic rings. The molecule has 0 saturated carbocycles. The quantitative estimate of drug-likeness (QED) is 0.348. The van der Waals surface area contributed by atoms with Crippen LogP contribution in [-0.4, -0.2) is 58.8 Å². The predicted octanol–water partition coefficient (Wildman–Crippen LogP) is 5.07. The summed E-state index contributed by atoms with van der Waals surface area (Å²) in [5, 5.41) is 16.4. The van der Waals surface area contributed by atoms with E-state index in [4.69, 9.17) is 25.8 Å². The smallest absolute Gasteiger partial charge is 0.408 e. The van der Waals surface area contributed by atoms with Crippen molar-refractivity contribution in [3.05, 3.63) is 56.7 Å². The zero-order valence-corrected chi connectivity index (χ0v) is 23.8. The van der Waals surface area contributed by atoms with Gasteiger partial charge in [0.2, 0.25) is 0 Å². The molecular formula is C27H37ClN2O6S. The summed E-state index contributed by atoms with van der Waals surface area (Å²) in [6.07, 6.45) is -1.28. The van der Waals surface area contributed by atoms with Gasteiger partial charge in [-0.05, 0) is 76.6 Å². The Morgan fingerprint density at radius 1 is 1.11 bits per heavy atom. The maximum atomic E-state index is 12.9. The molecule has 0 fully saturated rings. The monoisotopic (exact) mass is 552 g/mol. The van der Waals surface area contributed by atoms with Crippen molar-refractivity contribution >= 4 is 35.0 Å².